The van der Waals surface area contributed by atoms with Crippen molar-refractivity contribution in [3.8, 4) is 0 Å². The van der Waals surface area contributed by atoms with Crippen molar-refractivity contribution in [2.45, 2.75) is 44.8 Å². The number of pyridine rings is 1. The number of piperidine rings is 1. The molecular weight excluding hydrogens is 312 g/mol. The summed E-state index contributed by atoms with van der Waals surface area (Å²) in [4.78, 5) is 39.2. The quantitative estimate of drug-likeness (QED) is 0.864. The number of H-pyrrole nitrogens is 1. The number of carbonyl (C=O) groups is 2. The fraction of sp³-hybridized carbons (Fsp3) is 0.588. The summed E-state index contributed by atoms with van der Waals surface area (Å²) in [5.74, 6) is -0.660. The average molecular weight is 334 g/mol. The summed E-state index contributed by atoms with van der Waals surface area (Å²) in [6, 6.07) is 1.43. The van der Waals surface area contributed by atoms with Crippen molar-refractivity contribution in [1.82, 2.24) is 9.88 Å². The Kier molecular flexibility index (Phi) is 4.71. The van der Waals surface area contributed by atoms with E-state index in [1.807, 2.05) is 0 Å². The molecule has 130 valence electrons. The van der Waals surface area contributed by atoms with Crippen LogP contribution < -0.4 is 5.56 Å². The Hall–Kier alpha value is -2.15. The van der Waals surface area contributed by atoms with Gasteiger partial charge in [0.15, 0.2) is 6.10 Å². The first-order valence-corrected chi connectivity index (χ1v) is 8.32. The third-order valence-corrected chi connectivity index (χ3v) is 5.04. The van der Waals surface area contributed by atoms with E-state index in [1.165, 1.54) is 12.3 Å². The van der Waals surface area contributed by atoms with Gasteiger partial charge in [0.05, 0.1) is 11.7 Å². The van der Waals surface area contributed by atoms with E-state index >= 15 is 0 Å². The van der Waals surface area contributed by atoms with Crippen molar-refractivity contribution in [3.05, 3.63) is 33.7 Å². The molecule has 1 amide bonds. The summed E-state index contributed by atoms with van der Waals surface area (Å²) in [7, 11) is 0. The molecular formula is C17H22N2O5. The lowest BCUT2D eigenvalue weighted by atomic mass is 9.89. The van der Waals surface area contributed by atoms with Crippen LogP contribution in [0.15, 0.2) is 17.1 Å². The zero-order chi connectivity index (χ0) is 17.3. The second-order valence-corrected chi connectivity index (χ2v) is 6.60. The molecule has 2 aliphatic rings. The largest absolute Gasteiger partial charge is 0.479 e. The Bertz CT molecular complexity index is 690. The fourth-order valence-corrected chi connectivity index (χ4v) is 3.64. The Morgan fingerprint density at radius 1 is 1.25 bits per heavy atom. The predicted octanol–water partition coefficient (Wildman–Crippen LogP) is 1.17. The molecule has 7 nitrogen and oxygen atoms in total. The molecule has 0 spiro atoms. The molecule has 0 bridgehead atoms. The van der Waals surface area contributed by atoms with Gasteiger partial charge in [0.25, 0.3) is 5.91 Å². The molecule has 0 radical (unpaired) electrons. The number of aliphatic carboxylic acids is 1. The number of carbonyl (C=O) groups excluding carboxylic acids is 1. The van der Waals surface area contributed by atoms with Gasteiger partial charge in [0, 0.05) is 25.4 Å². The minimum atomic E-state index is -0.890. The number of aryl methyl sites for hydroxylation is 1. The summed E-state index contributed by atoms with van der Waals surface area (Å²) in [5, 5.41) is 9.01. The second-order valence-electron chi connectivity index (χ2n) is 6.60. The maximum Gasteiger partial charge on any atom is 0.332 e. The minimum absolute atomic E-state index is 0.0156. The van der Waals surface area contributed by atoms with E-state index in [9.17, 15) is 14.4 Å². The highest BCUT2D eigenvalue weighted by molar-refractivity contribution is 5.95. The molecule has 0 aliphatic carbocycles. The molecule has 1 aromatic heterocycles. The highest BCUT2D eigenvalue weighted by Gasteiger charge is 2.37. The summed E-state index contributed by atoms with van der Waals surface area (Å²) >= 11 is 0. The van der Waals surface area contributed by atoms with Crippen molar-refractivity contribution in [1.29, 1.82) is 0 Å². The fourth-order valence-electron chi connectivity index (χ4n) is 3.64. The van der Waals surface area contributed by atoms with E-state index in [0.29, 0.717) is 36.6 Å². The minimum Gasteiger partial charge on any atom is -0.479 e. The number of hydrogen-bond donors (Lipinski definition) is 2. The van der Waals surface area contributed by atoms with Crippen LogP contribution in [0.25, 0.3) is 0 Å². The smallest absolute Gasteiger partial charge is 0.332 e. The molecule has 0 unspecified atom stereocenters. The van der Waals surface area contributed by atoms with Crippen molar-refractivity contribution in [3.63, 3.8) is 0 Å². The van der Waals surface area contributed by atoms with Gasteiger partial charge in [-0.3, -0.25) is 9.59 Å². The maximum atomic E-state index is 12.6. The van der Waals surface area contributed by atoms with Gasteiger partial charge in [-0.2, -0.15) is 0 Å². The number of nitrogens with zero attached hydrogens (tertiary/aromatic N) is 1. The summed E-state index contributed by atoms with van der Waals surface area (Å²) in [6.45, 7) is 3.01. The van der Waals surface area contributed by atoms with Crippen LogP contribution in [0.3, 0.4) is 0 Å². The molecule has 1 aromatic rings. The molecule has 2 aliphatic heterocycles. The molecule has 2 atom stereocenters. The zero-order valence-electron chi connectivity index (χ0n) is 13.7. The molecule has 2 saturated heterocycles. The number of carboxylic acid groups (broad SMARTS) is 1. The van der Waals surface area contributed by atoms with E-state index in [0.717, 1.165) is 19.3 Å². The molecule has 0 saturated carbocycles. The van der Waals surface area contributed by atoms with Gasteiger partial charge in [0.2, 0.25) is 5.56 Å². The number of likely N-dealkylation sites (tertiary alicyclic amines) is 1. The van der Waals surface area contributed by atoms with Crippen LogP contribution in [0.2, 0.25) is 0 Å². The van der Waals surface area contributed by atoms with E-state index in [2.05, 4.69) is 4.98 Å². The normalized spacial score (nSPS) is 25.0. The van der Waals surface area contributed by atoms with Gasteiger partial charge in [-0.15, -0.1) is 0 Å². The molecule has 24 heavy (non-hydrogen) atoms. The third-order valence-electron chi connectivity index (χ3n) is 5.04. The highest BCUT2D eigenvalue weighted by atomic mass is 16.5. The van der Waals surface area contributed by atoms with Crippen LogP contribution in [0, 0.1) is 12.8 Å². The van der Waals surface area contributed by atoms with Gasteiger partial charge in [0.1, 0.15) is 0 Å². The van der Waals surface area contributed by atoms with Crippen molar-refractivity contribution in [2.24, 2.45) is 5.92 Å². The van der Waals surface area contributed by atoms with Gasteiger partial charge >= 0.3 is 5.97 Å². The number of ether oxygens (including phenoxy) is 1. The van der Waals surface area contributed by atoms with Gasteiger partial charge in [-0.1, -0.05) is 0 Å². The zero-order valence-corrected chi connectivity index (χ0v) is 13.7. The summed E-state index contributed by atoms with van der Waals surface area (Å²) < 4.78 is 5.63. The first-order valence-electron chi connectivity index (χ1n) is 8.32. The Balaban J connectivity index is 1.58. The summed E-state index contributed by atoms with van der Waals surface area (Å²) in [6.07, 6.45) is 3.74. The number of nitrogens with one attached hydrogen (secondary N) is 1. The monoisotopic (exact) mass is 334 g/mol. The average Bonchev–Trinajstić information content (AvgIpc) is 3.05. The molecule has 2 N–H and O–H groups in total. The summed E-state index contributed by atoms with van der Waals surface area (Å²) in [5.41, 5.74) is 0.986. The van der Waals surface area contributed by atoms with Gasteiger partial charge < -0.3 is 19.7 Å². The molecule has 3 rings (SSSR count). The molecule has 7 heteroatoms. The maximum absolute atomic E-state index is 12.6. The lowest BCUT2D eigenvalue weighted by molar-refractivity contribution is -0.150. The number of hydrogen-bond acceptors (Lipinski definition) is 4. The first-order chi connectivity index (χ1) is 11.5. The molecule has 0 aromatic carbocycles. The third kappa shape index (κ3) is 3.36. The molecule has 3 heterocycles. The lowest BCUT2D eigenvalue weighted by Gasteiger charge is -2.34. The number of aromatic amines is 1. The lowest BCUT2D eigenvalue weighted by Crippen LogP contribution is -2.41. The predicted molar refractivity (Wildman–Crippen MR) is 86.0 cm³/mol. The number of amides is 1. The van der Waals surface area contributed by atoms with Gasteiger partial charge in [-0.05, 0) is 44.1 Å². The van der Waals surface area contributed by atoms with E-state index in [-0.39, 0.29) is 17.6 Å². The van der Waals surface area contributed by atoms with E-state index < -0.39 is 12.1 Å². The van der Waals surface area contributed by atoms with Gasteiger partial charge in [-0.25, -0.2) is 4.79 Å². The Labute approximate surface area is 139 Å². The van der Waals surface area contributed by atoms with Crippen LogP contribution in [0.5, 0.6) is 0 Å². The Morgan fingerprint density at radius 2 is 1.96 bits per heavy atom. The topological polar surface area (TPSA) is 99.7 Å². The van der Waals surface area contributed by atoms with Crippen LogP contribution in [-0.2, 0) is 9.53 Å². The number of aromatic nitrogens is 1. The highest BCUT2D eigenvalue weighted by Crippen LogP contribution is 2.32. The second kappa shape index (κ2) is 6.76. The first kappa shape index (κ1) is 16.7. The SMILES string of the molecule is Cc1cc(=O)[nH]cc1C(=O)N1CCC([C@@H]2CC[C@H](C(=O)O)O2)CC1. The van der Waals surface area contributed by atoms with E-state index in [1.54, 1.807) is 11.8 Å². The Morgan fingerprint density at radius 3 is 2.54 bits per heavy atom. The number of carboxylic acids is 1. The van der Waals surface area contributed by atoms with Crippen LogP contribution in [-0.4, -0.2) is 52.2 Å². The van der Waals surface area contributed by atoms with E-state index in [4.69, 9.17) is 9.84 Å². The molecule has 2 fully saturated rings. The standard InChI is InChI=1S/C17H22N2O5/c1-10-8-15(20)18-9-12(10)16(21)19-6-4-11(5-7-19)13-2-3-14(24-13)17(22)23/h8-9,11,13-14H,2-7H2,1H3,(H,18,20)(H,22,23)/t13-,14+/m0/s1. The van der Waals surface area contributed by atoms with Crippen molar-refractivity contribution in [2.75, 3.05) is 13.1 Å². The van der Waals surface area contributed by atoms with Crippen molar-refractivity contribution < 1.29 is 19.4 Å². The van der Waals surface area contributed by atoms with Crippen LogP contribution in [0.4, 0.5) is 0 Å². The van der Waals surface area contributed by atoms with Crippen LogP contribution >= 0.6 is 0 Å². The number of rotatable bonds is 3. The van der Waals surface area contributed by atoms with Crippen LogP contribution in [0.1, 0.15) is 41.6 Å². The van der Waals surface area contributed by atoms with Crippen molar-refractivity contribution >= 4 is 11.9 Å².